The molecule has 0 unspecified atom stereocenters. The number of anilines is 2. The Balaban J connectivity index is 1.97. The largest absolute Gasteiger partial charge is 0.396 e. The van der Waals surface area contributed by atoms with E-state index >= 15 is 0 Å². The first-order chi connectivity index (χ1) is 9.19. The van der Waals surface area contributed by atoms with Crippen LogP contribution in [0, 0.1) is 12.8 Å². The lowest BCUT2D eigenvalue weighted by atomic mass is 9.85. The van der Waals surface area contributed by atoms with E-state index in [1.807, 2.05) is 13.0 Å². The van der Waals surface area contributed by atoms with Crippen LogP contribution < -0.4 is 10.2 Å². The molecule has 2 rings (SSSR count). The molecular formula is C14H24N4O. The molecule has 5 nitrogen and oxygen atoms in total. The second-order valence-corrected chi connectivity index (χ2v) is 5.34. The molecule has 2 N–H and O–H groups in total. The van der Waals surface area contributed by atoms with Gasteiger partial charge in [-0.15, -0.1) is 0 Å². The summed E-state index contributed by atoms with van der Waals surface area (Å²) in [4.78, 5) is 11.1. The second kappa shape index (κ2) is 6.70. The van der Waals surface area contributed by atoms with Gasteiger partial charge in [-0.3, -0.25) is 0 Å². The van der Waals surface area contributed by atoms with E-state index < -0.39 is 0 Å². The first kappa shape index (κ1) is 14.1. The number of aliphatic hydroxyl groups excluding tert-OH is 1. The lowest BCUT2D eigenvalue weighted by Crippen LogP contribution is -2.30. The molecular weight excluding hydrogens is 240 g/mol. The van der Waals surface area contributed by atoms with Crippen molar-refractivity contribution in [1.82, 2.24) is 9.97 Å². The molecule has 0 spiro atoms. The highest BCUT2D eigenvalue weighted by Crippen LogP contribution is 2.28. The summed E-state index contributed by atoms with van der Waals surface area (Å²) in [6.07, 6.45) is 4.79. The molecule has 0 aliphatic heterocycles. The Morgan fingerprint density at radius 1 is 1.42 bits per heavy atom. The standard InChI is InChI=1S/C14H24N4O/c1-11-16-13(15-7-4-8-19)9-14(17-11)18(2)10-12-5-3-6-12/h9,12,19H,3-8,10H2,1-2H3,(H,15,16,17). The van der Waals surface area contributed by atoms with Crippen molar-refractivity contribution in [2.75, 3.05) is 37.0 Å². The SMILES string of the molecule is Cc1nc(NCCCO)cc(N(C)CC2CCC2)n1. The van der Waals surface area contributed by atoms with Crippen LogP contribution in [0.3, 0.4) is 0 Å². The molecule has 1 aliphatic rings. The van der Waals surface area contributed by atoms with E-state index in [4.69, 9.17) is 5.11 Å². The normalized spacial score (nSPS) is 15.1. The second-order valence-electron chi connectivity index (χ2n) is 5.34. The zero-order chi connectivity index (χ0) is 13.7. The quantitative estimate of drug-likeness (QED) is 0.736. The van der Waals surface area contributed by atoms with Crippen molar-refractivity contribution in [2.45, 2.75) is 32.6 Å². The molecule has 0 saturated heterocycles. The van der Waals surface area contributed by atoms with Crippen LogP contribution in [-0.2, 0) is 0 Å². The minimum atomic E-state index is 0.200. The van der Waals surface area contributed by atoms with Gasteiger partial charge in [0.05, 0.1) is 0 Å². The first-order valence-electron chi connectivity index (χ1n) is 7.10. The van der Waals surface area contributed by atoms with Crippen LogP contribution in [0.1, 0.15) is 31.5 Å². The molecule has 1 aromatic rings. The van der Waals surface area contributed by atoms with E-state index in [2.05, 4.69) is 27.2 Å². The molecule has 1 aromatic heterocycles. The Morgan fingerprint density at radius 3 is 2.84 bits per heavy atom. The fourth-order valence-electron chi connectivity index (χ4n) is 2.29. The molecule has 1 aliphatic carbocycles. The van der Waals surface area contributed by atoms with Crippen LogP contribution in [0.5, 0.6) is 0 Å². The highest BCUT2D eigenvalue weighted by molar-refractivity contribution is 5.49. The predicted molar refractivity (Wildman–Crippen MR) is 77.6 cm³/mol. The van der Waals surface area contributed by atoms with Crippen LogP contribution in [-0.4, -0.2) is 41.8 Å². The third-order valence-electron chi connectivity index (χ3n) is 3.61. The summed E-state index contributed by atoms with van der Waals surface area (Å²) in [6.45, 7) is 3.93. The van der Waals surface area contributed by atoms with Crippen molar-refractivity contribution in [1.29, 1.82) is 0 Å². The summed E-state index contributed by atoms with van der Waals surface area (Å²) in [7, 11) is 2.09. The van der Waals surface area contributed by atoms with E-state index in [0.717, 1.165) is 42.9 Å². The average molecular weight is 264 g/mol. The highest BCUT2D eigenvalue weighted by Gasteiger charge is 2.20. The lowest BCUT2D eigenvalue weighted by molar-refractivity contribution is 0.292. The molecule has 19 heavy (non-hydrogen) atoms. The van der Waals surface area contributed by atoms with Gasteiger partial charge >= 0.3 is 0 Å². The molecule has 1 saturated carbocycles. The third kappa shape index (κ3) is 4.06. The van der Waals surface area contributed by atoms with Gasteiger partial charge in [0.25, 0.3) is 0 Å². The van der Waals surface area contributed by atoms with E-state index in [-0.39, 0.29) is 6.61 Å². The predicted octanol–water partition coefficient (Wildman–Crippen LogP) is 1.82. The van der Waals surface area contributed by atoms with E-state index in [9.17, 15) is 0 Å². The molecule has 1 heterocycles. The number of aromatic nitrogens is 2. The van der Waals surface area contributed by atoms with Crippen molar-refractivity contribution in [3.63, 3.8) is 0 Å². The Bertz CT molecular complexity index is 406. The summed E-state index contributed by atoms with van der Waals surface area (Å²) in [6, 6.07) is 1.99. The minimum Gasteiger partial charge on any atom is -0.396 e. The number of hydrogen-bond acceptors (Lipinski definition) is 5. The number of aryl methyl sites for hydroxylation is 1. The first-order valence-corrected chi connectivity index (χ1v) is 7.10. The Labute approximate surface area is 115 Å². The van der Waals surface area contributed by atoms with Gasteiger partial charge in [0.1, 0.15) is 17.5 Å². The van der Waals surface area contributed by atoms with E-state index in [0.29, 0.717) is 0 Å². The number of aliphatic hydroxyl groups is 1. The van der Waals surface area contributed by atoms with Crippen LogP contribution in [0.4, 0.5) is 11.6 Å². The summed E-state index contributed by atoms with van der Waals surface area (Å²) in [5, 5.41) is 12.0. The van der Waals surface area contributed by atoms with E-state index in [1.165, 1.54) is 19.3 Å². The Hall–Kier alpha value is -1.36. The van der Waals surface area contributed by atoms with Gasteiger partial charge in [0, 0.05) is 32.8 Å². The minimum absolute atomic E-state index is 0.200. The van der Waals surface area contributed by atoms with Gasteiger partial charge in [-0.1, -0.05) is 6.42 Å². The zero-order valence-electron chi connectivity index (χ0n) is 11.9. The zero-order valence-corrected chi connectivity index (χ0v) is 11.9. The lowest BCUT2D eigenvalue weighted by Gasteiger charge is -2.30. The molecule has 106 valence electrons. The summed E-state index contributed by atoms with van der Waals surface area (Å²) in [5.74, 6) is 3.43. The number of nitrogens with zero attached hydrogens (tertiary/aromatic N) is 3. The number of rotatable bonds is 7. The summed E-state index contributed by atoms with van der Waals surface area (Å²) in [5.41, 5.74) is 0. The maximum absolute atomic E-state index is 8.79. The van der Waals surface area contributed by atoms with Crippen molar-refractivity contribution in [3.8, 4) is 0 Å². The van der Waals surface area contributed by atoms with Crippen LogP contribution in [0.15, 0.2) is 6.07 Å². The molecule has 5 heteroatoms. The fourth-order valence-corrected chi connectivity index (χ4v) is 2.29. The van der Waals surface area contributed by atoms with Gasteiger partial charge in [-0.25, -0.2) is 9.97 Å². The molecule has 0 amide bonds. The van der Waals surface area contributed by atoms with Crippen molar-refractivity contribution in [3.05, 3.63) is 11.9 Å². The van der Waals surface area contributed by atoms with Gasteiger partial charge in [-0.2, -0.15) is 0 Å². The van der Waals surface area contributed by atoms with Crippen LogP contribution in [0.25, 0.3) is 0 Å². The molecule has 0 atom stereocenters. The van der Waals surface area contributed by atoms with Crippen molar-refractivity contribution >= 4 is 11.6 Å². The number of nitrogens with one attached hydrogen (secondary N) is 1. The summed E-state index contributed by atoms with van der Waals surface area (Å²) < 4.78 is 0. The Kier molecular flexibility index (Phi) is 4.96. The van der Waals surface area contributed by atoms with Crippen LogP contribution >= 0.6 is 0 Å². The topological polar surface area (TPSA) is 61.3 Å². The maximum Gasteiger partial charge on any atom is 0.134 e. The molecule has 0 radical (unpaired) electrons. The van der Waals surface area contributed by atoms with Gasteiger partial charge in [0.15, 0.2) is 0 Å². The molecule has 0 bridgehead atoms. The van der Waals surface area contributed by atoms with Crippen molar-refractivity contribution in [2.24, 2.45) is 5.92 Å². The smallest absolute Gasteiger partial charge is 0.134 e. The van der Waals surface area contributed by atoms with Crippen LogP contribution in [0.2, 0.25) is 0 Å². The van der Waals surface area contributed by atoms with Crippen molar-refractivity contribution < 1.29 is 5.11 Å². The Morgan fingerprint density at radius 2 is 2.21 bits per heavy atom. The molecule has 0 aromatic carbocycles. The van der Waals surface area contributed by atoms with E-state index in [1.54, 1.807) is 0 Å². The highest BCUT2D eigenvalue weighted by atomic mass is 16.3. The van der Waals surface area contributed by atoms with Gasteiger partial charge < -0.3 is 15.3 Å². The molecule has 1 fully saturated rings. The monoisotopic (exact) mass is 264 g/mol. The number of hydrogen-bond donors (Lipinski definition) is 2. The fraction of sp³-hybridized carbons (Fsp3) is 0.714. The van der Waals surface area contributed by atoms with Gasteiger partial charge in [0.2, 0.25) is 0 Å². The average Bonchev–Trinajstić information content (AvgIpc) is 2.33. The maximum atomic E-state index is 8.79. The van der Waals surface area contributed by atoms with Gasteiger partial charge in [-0.05, 0) is 32.1 Å². The summed E-state index contributed by atoms with van der Waals surface area (Å²) >= 11 is 0. The third-order valence-corrected chi connectivity index (χ3v) is 3.61.